The van der Waals surface area contributed by atoms with Gasteiger partial charge in [-0.25, -0.2) is 0 Å². The van der Waals surface area contributed by atoms with Crippen LogP contribution in [0.4, 0.5) is 0 Å². The molecule has 0 heterocycles. The predicted octanol–water partition coefficient (Wildman–Crippen LogP) is 1.72. The SMILES string of the molecule is COc1cc(OC)cc([C@@H](N)[C@@H](O)C(C)C)c1. The second-order valence-corrected chi connectivity index (χ2v) is 4.41. The van der Waals surface area contributed by atoms with Gasteiger partial charge in [0.15, 0.2) is 0 Å². The number of ether oxygens (including phenoxy) is 2. The molecule has 3 N–H and O–H groups in total. The van der Waals surface area contributed by atoms with E-state index < -0.39 is 12.1 Å². The van der Waals surface area contributed by atoms with Crippen molar-refractivity contribution in [3.63, 3.8) is 0 Å². The second kappa shape index (κ2) is 5.89. The molecule has 0 aromatic heterocycles. The standard InChI is InChI=1S/C13H21NO3/c1-8(2)13(15)12(14)9-5-10(16-3)7-11(6-9)17-4/h5-8,12-13,15H,14H2,1-4H3/t12-,13+/m1/s1. The molecular weight excluding hydrogens is 218 g/mol. The maximum absolute atomic E-state index is 9.97. The molecule has 0 aliphatic rings. The van der Waals surface area contributed by atoms with Gasteiger partial charge in [0.05, 0.1) is 26.4 Å². The van der Waals surface area contributed by atoms with Gasteiger partial charge in [0.1, 0.15) is 11.5 Å². The van der Waals surface area contributed by atoms with Crippen LogP contribution in [-0.2, 0) is 0 Å². The maximum atomic E-state index is 9.97. The molecule has 0 unspecified atom stereocenters. The number of methoxy groups -OCH3 is 2. The van der Waals surface area contributed by atoms with Crippen LogP contribution in [0, 0.1) is 5.92 Å². The van der Waals surface area contributed by atoms with Crippen LogP contribution in [-0.4, -0.2) is 25.4 Å². The van der Waals surface area contributed by atoms with E-state index in [4.69, 9.17) is 15.2 Å². The Labute approximate surface area is 102 Å². The molecule has 0 spiro atoms. The molecule has 17 heavy (non-hydrogen) atoms. The predicted molar refractivity (Wildman–Crippen MR) is 67.3 cm³/mol. The average Bonchev–Trinajstić information content (AvgIpc) is 2.35. The number of hydrogen-bond acceptors (Lipinski definition) is 4. The lowest BCUT2D eigenvalue weighted by atomic mass is 9.94. The Morgan fingerprint density at radius 3 is 1.88 bits per heavy atom. The molecule has 4 nitrogen and oxygen atoms in total. The van der Waals surface area contributed by atoms with Crippen molar-refractivity contribution in [3.05, 3.63) is 23.8 Å². The van der Waals surface area contributed by atoms with E-state index in [1.807, 2.05) is 26.0 Å². The monoisotopic (exact) mass is 239 g/mol. The smallest absolute Gasteiger partial charge is 0.122 e. The third-order valence-corrected chi connectivity index (χ3v) is 2.81. The molecule has 0 aliphatic heterocycles. The Bertz CT molecular complexity index is 343. The first-order valence-electron chi connectivity index (χ1n) is 5.66. The van der Waals surface area contributed by atoms with E-state index in [9.17, 15) is 5.11 Å². The maximum Gasteiger partial charge on any atom is 0.122 e. The fraction of sp³-hybridized carbons (Fsp3) is 0.538. The van der Waals surface area contributed by atoms with Crippen LogP contribution in [0.3, 0.4) is 0 Å². The first-order valence-corrected chi connectivity index (χ1v) is 5.66. The third-order valence-electron chi connectivity index (χ3n) is 2.81. The number of rotatable bonds is 5. The van der Waals surface area contributed by atoms with Gasteiger partial charge in [-0.3, -0.25) is 0 Å². The highest BCUT2D eigenvalue weighted by Crippen LogP contribution is 2.28. The fourth-order valence-corrected chi connectivity index (χ4v) is 1.63. The normalized spacial score (nSPS) is 14.5. The van der Waals surface area contributed by atoms with Crippen molar-refractivity contribution >= 4 is 0 Å². The largest absolute Gasteiger partial charge is 0.497 e. The molecule has 0 bridgehead atoms. The van der Waals surface area contributed by atoms with Crippen LogP contribution >= 0.6 is 0 Å². The Hall–Kier alpha value is -1.26. The Morgan fingerprint density at radius 1 is 1.06 bits per heavy atom. The number of hydrogen-bond donors (Lipinski definition) is 2. The molecule has 0 saturated carbocycles. The average molecular weight is 239 g/mol. The van der Waals surface area contributed by atoms with Crippen molar-refractivity contribution in [1.82, 2.24) is 0 Å². The van der Waals surface area contributed by atoms with Gasteiger partial charge in [0.2, 0.25) is 0 Å². The summed E-state index contributed by atoms with van der Waals surface area (Å²) in [6, 6.07) is 4.97. The molecule has 0 fully saturated rings. The summed E-state index contributed by atoms with van der Waals surface area (Å²) in [6.45, 7) is 3.86. The van der Waals surface area contributed by atoms with Gasteiger partial charge < -0.3 is 20.3 Å². The quantitative estimate of drug-likeness (QED) is 0.821. The zero-order chi connectivity index (χ0) is 13.0. The van der Waals surface area contributed by atoms with Crippen LogP contribution in [0.15, 0.2) is 18.2 Å². The number of benzene rings is 1. The molecule has 1 rings (SSSR count). The lowest BCUT2D eigenvalue weighted by Crippen LogP contribution is -2.30. The van der Waals surface area contributed by atoms with Gasteiger partial charge in [-0.15, -0.1) is 0 Å². The number of aliphatic hydroxyl groups excluding tert-OH is 1. The number of nitrogens with two attached hydrogens (primary N) is 1. The molecule has 4 heteroatoms. The van der Waals surface area contributed by atoms with E-state index in [0.717, 1.165) is 5.56 Å². The fourth-order valence-electron chi connectivity index (χ4n) is 1.63. The van der Waals surface area contributed by atoms with E-state index in [2.05, 4.69) is 0 Å². The van der Waals surface area contributed by atoms with Crippen molar-refractivity contribution in [2.24, 2.45) is 11.7 Å². The van der Waals surface area contributed by atoms with Crippen LogP contribution in [0.5, 0.6) is 11.5 Å². The van der Waals surface area contributed by atoms with E-state index in [1.165, 1.54) is 0 Å². The van der Waals surface area contributed by atoms with Crippen molar-refractivity contribution in [2.75, 3.05) is 14.2 Å². The molecule has 0 aliphatic carbocycles. The van der Waals surface area contributed by atoms with Crippen molar-refractivity contribution < 1.29 is 14.6 Å². The van der Waals surface area contributed by atoms with Gasteiger partial charge in [-0.1, -0.05) is 13.8 Å². The van der Waals surface area contributed by atoms with Gasteiger partial charge in [0.25, 0.3) is 0 Å². The minimum Gasteiger partial charge on any atom is -0.497 e. The molecule has 0 radical (unpaired) electrons. The van der Waals surface area contributed by atoms with Gasteiger partial charge in [-0.05, 0) is 23.6 Å². The minimum atomic E-state index is -0.591. The van der Waals surface area contributed by atoms with E-state index >= 15 is 0 Å². The lowest BCUT2D eigenvalue weighted by molar-refractivity contribution is 0.0978. The molecule has 1 aromatic rings. The summed E-state index contributed by atoms with van der Waals surface area (Å²) in [5, 5.41) is 9.97. The van der Waals surface area contributed by atoms with Crippen molar-refractivity contribution in [2.45, 2.75) is 26.0 Å². The zero-order valence-electron chi connectivity index (χ0n) is 10.8. The highest BCUT2D eigenvalue weighted by atomic mass is 16.5. The summed E-state index contributed by atoms with van der Waals surface area (Å²) >= 11 is 0. The molecular formula is C13H21NO3. The first-order chi connectivity index (χ1) is 7.99. The zero-order valence-corrected chi connectivity index (χ0v) is 10.8. The summed E-state index contributed by atoms with van der Waals surface area (Å²) in [7, 11) is 3.17. The summed E-state index contributed by atoms with van der Waals surface area (Å²) < 4.78 is 10.3. The van der Waals surface area contributed by atoms with E-state index in [0.29, 0.717) is 11.5 Å². The molecule has 96 valence electrons. The van der Waals surface area contributed by atoms with Gasteiger partial charge in [-0.2, -0.15) is 0 Å². The molecule has 0 amide bonds. The van der Waals surface area contributed by atoms with Crippen LogP contribution in [0.25, 0.3) is 0 Å². The Kier molecular flexibility index (Phi) is 4.78. The van der Waals surface area contributed by atoms with E-state index in [1.54, 1.807) is 20.3 Å². The second-order valence-electron chi connectivity index (χ2n) is 4.41. The van der Waals surface area contributed by atoms with Crippen molar-refractivity contribution in [3.8, 4) is 11.5 Å². The van der Waals surface area contributed by atoms with E-state index in [-0.39, 0.29) is 5.92 Å². The molecule has 2 atom stereocenters. The molecule has 1 aromatic carbocycles. The summed E-state index contributed by atoms with van der Waals surface area (Å²) in [5.74, 6) is 1.44. The number of aliphatic hydroxyl groups is 1. The summed E-state index contributed by atoms with van der Waals surface area (Å²) in [6.07, 6.45) is -0.591. The molecule has 0 saturated heterocycles. The van der Waals surface area contributed by atoms with Crippen molar-refractivity contribution in [1.29, 1.82) is 0 Å². The highest BCUT2D eigenvalue weighted by Gasteiger charge is 2.21. The topological polar surface area (TPSA) is 64.7 Å². The highest BCUT2D eigenvalue weighted by molar-refractivity contribution is 5.40. The Balaban J connectivity index is 3.03. The van der Waals surface area contributed by atoms with Crippen LogP contribution in [0.2, 0.25) is 0 Å². The van der Waals surface area contributed by atoms with Gasteiger partial charge >= 0.3 is 0 Å². The first kappa shape index (κ1) is 13.8. The summed E-state index contributed by atoms with van der Waals surface area (Å²) in [4.78, 5) is 0. The summed E-state index contributed by atoms with van der Waals surface area (Å²) in [5.41, 5.74) is 6.83. The van der Waals surface area contributed by atoms with Gasteiger partial charge in [0, 0.05) is 6.07 Å². The lowest BCUT2D eigenvalue weighted by Gasteiger charge is -2.23. The Morgan fingerprint density at radius 2 is 1.53 bits per heavy atom. The van der Waals surface area contributed by atoms with Crippen LogP contribution in [0.1, 0.15) is 25.5 Å². The third kappa shape index (κ3) is 3.35. The minimum absolute atomic E-state index is 0.0993. The van der Waals surface area contributed by atoms with Crippen LogP contribution < -0.4 is 15.2 Å².